The van der Waals surface area contributed by atoms with Crippen LogP contribution < -0.4 is 15.8 Å². The molecule has 0 saturated heterocycles. The number of benzene rings is 1. The number of pyridine rings is 2. The second-order valence-electron chi connectivity index (χ2n) is 8.88. The van der Waals surface area contributed by atoms with Crippen molar-refractivity contribution in [2.75, 3.05) is 11.9 Å². The third-order valence-corrected chi connectivity index (χ3v) is 6.19. The van der Waals surface area contributed by atoms with Crippen molar-refractivity contribution in [3.8, 4) is 17.0 Å². The molecule has 6 nitrogen and oxygen atoms in total. The molecule has 0 radical (unpaired) electrons. The molecule has 2 aromatic heterocycles. The van der Waals surface area contributed by atoms with Crippen LogP contribution in [-0.4, -0.2) is 28.5 Å². The van der Waals surface area contributed by atoms with Crippen LogP contribution in [0.2, 0.25) is 0 Å². The van der Waals surface area contributed by atoms with Crippen LogP contribution in [0.4, 0.5) is 18.9 Å². The van der Waals surface area contributed by atoms with E-state index in [1.807, 2.05) is 6.07 Å². The van der Waals surface area contributed by atoms with E-state index in [0.717, 1.165) is 49.1 Å². The number of carbonyl (C=O) groups excluding carboxylic acids is 1. The molecule has 1 aliphatic rings. The van der Waals surface area contributed by atoms with Crippen LogP contribution in [0, 0.1) is 23.4 Å². The van der Waals surface area contributed by atoms with E-state index in [9.17, 15) is 18.0 Å². The molecule has 1 fully saturated rings. The minimum atomic E-state index is -1.09. The number of halogens is 3. The van der Waals surface area contributed by atoms with E-state index in [2.05, 4.69) is 22.2 Å². The van der Waals surface area contributed by atoms with Crippen molar-refractivity contribution in [3.05, 3.63) is 71.4 Å². The first-order valence-corrected chi connectivity index (χ1v) is 11.6. The zero-order valence-corrected chi connectivity index (χ0v) is 19.5. The quantitative estimate of drug-likeness (QED) is 0.486. The lowest BCUT2D eigenvalue weighted by Crippen LogP contribution is -2.31. The lowest BCUT2D eigenvalue weighted by Gasteiger charge is -2.32. The predicted molar refractivity (Wildman–Crippen MR) is 127 cm³/mol. The Hall–Kier alpha value is -3.46. The monoisotopic (exact) mass is 484 g/mol. The van der Waals surface area contributed by atoms with Crippen LogP contribution in [0.5, 0.6) is 5.75 Å². The number of anilines is 1. The summed E-state index contributed by atoms with van der Waals surface area (Å²) in [6.45, 7) is 3.92. The van der Waals surface area contributed by atoms with Crippen molar-refractivity contribution in [1.82, 2.24) is 9.97 Å². The first-order valence-electron chi connectivity index (χ1n) is 11.6. The van der Waals surface area contributed by atoms with Crippen molar-refractivity contribution in [3.63, 3.8) is 0 Å². The molecule has 0 aliphatic heterocycles. The van der Waals surface area contributed by atoms with E-state index in [1.165, 1.54) is 6.20 Å². The standard InChI is InChI=1S/C26H27F3N4O2/c1-3-35-22-7-5-18(27)23(24(22)29)25-19(28)4-6-20(32-25)26(34)33-21-13-31-9-8-17(21)15-10-14(2)11-16(30)12-15/h4-9,13-16H,3,10-12,30H2,1-2H3,(H,33,34)/t14-,15+,16+/m0/s1. The van der Waals surface area contributed by atoms with Gasteiger partial charge >= 0.3 is 0 Å². The molecule has 0 unspecified atom stereocenters. The Balaban J connectivity index is 1.65. The van der Waals surface area contributed by atoms with E-state index in [-0.39, 0.29) is 30.0 Å². The molecule has 1 aromatic carbocycles. The van der Waals surface area contributed by atoms with Crippen LogP contribution in [0.1, 0.15) is 55.1 Å². The van der Waals surface area contributed by atoms with Crippen LogP contribution in [-0.2, 0) is 0 Å². The second kappa shape index (κ2) is 10.4. The predicted octanol–water partition coefficient (Wildman–Crippen LogP) is 5.44. The van der Waals surface area contributed by atoms with E-state index in [0.29, 0.717) is 11.6 Å². The van der Waals surface area contributed by atoms with Crippen LogP contribution >= 0.6 is 0 Å². The number of amides is 1. The summed E-state index contributed by atoms with van der Waals surface area (Å²) < 4.78 is 49.2. The number of hydrogen-bond acceptors (Lipinski definition) is 5. The second-order valence-corrected chi connectivity index (χ2v) is 8.88. The van der Waals surface area contributed by atoms with Gasteiger partial charge in [0.1, 0.15) is 23.0 Å². The van der Waals surface area contributed by atoms with Gasteiger partial charge in [0, 0.05) is 12.2 Å². The summed E-state index contributed by atoms with van der Waals surface area (Å²) in [5, 5.41) is 2.77. The van der Waals surface area contributed by atoms with Gasteiger partial charge in [0.05, 0.1) is 24.1 Å². The van der Waals surface area contributed by atoms with Crippen LogP contribution in [0.25, 0.3) is 11.3 Å². The highest BCUT2D eigenvalue weighted by atomic mass is 19.1. The fraction of sp³-hybridized carbons (Fsp3) is 0.346. The SMILES string of the molecule is CCOc1ccc(F)c(-c2nc(C(=O)Nc3cnccc3[C@@H]3C[C@H](C)C[C@@H](N)C3)ccc2F)c1F. The average Bonchev–Trinajstić information content (AvgIpc) is 2.82. The van der Waals surface area contributed by atoms with Gasteiger partial charge in [-0.1, -0.05) is 6.92 Å². The smallest absolute Gasteiger partial charge is 0.274 e. The van der Waals surface area contributed by atoms with E-state index in [1.54, 1.807) is 13.1 Å². The summed E-state index contributed by atoms with van der Waals surface area (Å²) in [7, 11) is 0. The molecule has 3 aromatic rings. The van der Waals surface area contributed by atoms with Gasteiger partial charge in [-0.05, 0) is 73.9 Å². The summed E-state index contributed by atoms with van der Waals surface area (Å²) in [5.41, 5.74) is 6.09. The highest BCUT2D eigenvalue weighted by Crippen LogP contribution is 2.38. The molecule has 1 saturated carbocycles. The number of nitrogens with one attached hydrogen (secondary N) is 1. The van der Waals surface area contributed by atoms with Crippen molar-refractivity contribution < 1.29 is 22.7 Å². The zero-order chi connectivity index (χ0) is 25.1. The summed E-state index contributed by atoms with van der Waals surface area (Å²) in [5.74, 6) is -3.39. The highest BCUT2D eigenvalue weighted by molar-refractivity contribution is 6.03. The summed E-state index contributed by atoms with van der Waals surface area (Å²) in [4.78, 5) is 21.1. The van der Waals surface area contributed by atoms with Gasteiger partial charge in [0.15, 0.2) is 11.6 Å². The van der Waals surface area contributed by atoms with Gasteiger partial charge in [-0.2, -0.15) is 0 Å². The van der Waals surface area contributed by atoms with Gasteiger partial charge in [0.2, 0.25) is 0 Å². The van der Waals surface area contributed by atoms with Gasteiger partial charge in [-0.25, -0.2) is 18.2 Å². The van der Waals surface area contributed by atoms with Gasteiger partial charge in [-0.15, -0.1) is 0 Å². The number of rotatable bonds is 6. The minimum absolute atomic E-state index is 0.0686. The van der Waals surface area contributed by atoms with Gasteiger partial charge in [-0.3, -0.25) is 9.78 Å². The van der Waals surface area contributed by atoms with Crippen LogP contribution in [0.15, 0.2) is 42.7 Å². The minimum Gasteiger partial charge on any atom is -0.491 e. The van der Waals surface area contributed by atoms with Crippen molar-refractivity contribution >= 4 is 11.6 Å². The first kappa shape index (κ1) is 24.7. The topological polar surface area (TPSA) is 90.1 Å². The molecule has 9 heteroatoms. The number of aromatic nitrogens is 2. The molecule has 184 valence electrons. The number of nitrogens with zero attached hydrogens (tertiary/aromatic N) is 2. The molecule has 2 heterocycles. The Labute approximate surface area is 201 Å². The molecule has 35 heavy (non-hydrogen) atoms. The zero-order valence-electron chi connectivity index (χ0n) is 19.5. The molecule has 0 spiro atoms. The van der Waals surface area contributed by atoms with Crippen molar-refractivity contribution in [1.29, 1.82) is 0 Å². The Morgan fingerprint density at radius 3 is 2.63 bits per heavy atom. The Morgan fingerprint density at radius 2 is 1.89 bits per heavy atom. The number of nitrogens with two attached hydrogens (primary N) is 1. The summed E-state index contributed by atoms with van der Waals surface area (Å²) in [6, 6.07) is 6.11. The lowest BCUT2D eigenvalue weighted by molar-refractivity contribution is 0.102. The number of carbonyl (C=O) groups is 1. The fourth-order valence-corrected chi connectivity index (χ4v) is 4.72. The molecule has 4 rings (SSSR count). The van der Waals surface area contributed by atoms with E-state index >= 15 is 0 Å². The molecule has 3 N–H and O–H groups in total. The molecular formula is C26H27F3N4O2. The molecule has 1 amide bonds. The lowest BCUT2D eigenvalue weighted by atomic mass is 9.76. The van der Waals surface area contributed by atoms with Crippen molar-refractivity contribution in [2.45, 2.75) is 45.1 Å². The third-order valence-electron chi connectivity index (χ3n) is 6.19. The maximum atomic E-state index is 14.9. The highest BCUT2D eigenvalue weighted by Gasteiger charge is 2.28. The van der Waals surface area contributed by atoms with E-state index in [4.69, 9.17) is 10.5 Å². The maximum Gasteiger partial charge on any atom is 0.274 e. The first-order chi connectivity index (χ1) is 16.8. The molecule has 1 aliphatic carbocycles. The Morgan fingerprint density at radius 1 is 1.11 bits per heavy atom. The summed E-state index contributed by atoms with van der Waals surface area (Å²) in [6.07, 6.45) is 5.84. The van der Waals surface area contributed by atoms with Gasteiger partial charge < -0.3 is 15.8 Å². The molecule has 3 atom stereocenters. The number of ether oxygens (including phenoxy) is 1. The molecule has 0 bridgehead atoms. The Kier molecular flexibility index (Phi) is 7.35. The van der Waals surface area contributed by atoms with E-state index < -0.39 is 34.6 Å². The van der Waals surface area contributed by atoms with Crippen molar-refractivity contribution in [2.24, 2.45) is 11.7 Å². The fourth-order valence-electron chi connectivity index (χ4n) is 4.72. The Bertz CT molecular complexity index is 1230. The summed E-state index contributed by atoms with van der Waals surface area (Å²) >= 11 is 0. The maximum absolute atomic E-state index is 14.9. The van der Waals surface area contributed by atoms with Crippen LogP contribution in [0.3, 0.4) is 0 Å². The molecular weight excluding hydrogens is 457 g/mol. The normalized spacial score (nSPS) is 19.9. The average molecular weight is 485 g/mol. The number of hydrogen-bond donors (Lipinski definition) is 2. The van der Waals surface area contributed by atoms with Gasteiger partial charge in [0.25, 0.3) is 5.91 Å². The third kappa shape index (κ3) is 5.30. The largest absolute Gasteiger partial charge is 0.491 e.